The third kappa shape index (κ3) is 3.44. The second kappa shape index (κ2) is 7.58. The fourth-order valence-corrected chi connectivity index (χ4v) is 4.55. The first-order valence-electron chi connectivity index (χ1n) is 9.60. The predicted molar refractivity (Wildman–Crippen MR) is 105 cm³/mol. The van der Waals surface area contributed by atoms with Crippen LogP contribution in [0.4, 0.5) is 4.79 Å². The molecule has 4 rings (SSSR count). The Balaban J connectivity index is 1.50. The summed E-state index contributed by atoms with van der Waals surface area (Å²) >= 11 is 0. The molecule has 2 aromatic carbocycles. The normalized spacial score (nSPS) is 20.2. The molecule has 7 nitrogen and oxygen atoms in total. The van der Waals surface area contributed by atoms with Crippen LogP contribution in [-0.4, -0.2) is 47.2 Å². The lowest BCUT2D eigenvalue weighted by molar-refractivity contribution is -0.143. The average Bonchev–Trinajstić information content (AvgIpc) is 3.25. The molecule has 2 aliphatic rings. The molecule has 0 saturated carbocycles. The molecular formula is C22H22N2O5. The van der Waals surface area contributed by atoms with Crippen molar-refractivity contribution < 1.29 is 24.2 Å². The minimum absolute atomic E-state index is 0.0654. The molecule has 1 saturated heterocycles. The monoisotopic (exact) mass is 394 g/mol. The zero-order valence-corrected chi connectivity index (χ0v) is 15.8. The molecule has 1 aliphatic heterocycles. The molecule has 0 radical (unpaired) electrons. The first-order chi connectivity index (χ1) is 14.0. The number of rotatable bonds is 5. The van der Waals surface area contributed by atoms with Gasteiger partial charge in [0.15, 0.2) is 0 Å². The summed E-state index contributed by atoms with van der Waals surface area (Å²) in [4.78, 5) is 36.8. The van der Waals surface area contributed by atoms with Crippen molar-refractivity contribution in [2.24, 2.45) is 11.7 Å². The highest BCUT2D eigenvalue weighted by molar-refractivity contribution is 5.83. The minimum atomic E-state index is -1.15. The number of benzene rings is 2. The molecule has 1 aliphatic carbocycles. The first-order valence-corrected chi connectivity index (χ1v) is 9.60. The molecule has 29 heavy (non-hydrogen) atoms. The summed E-state index contributed by atoms with van der Waals surface area (Å²) < 4.78 is 5.56. The van der Waals surface area contributed by atoms with Crippen molar-refractivity contribution in [3.8, 4) is 11.1 Å². The van der Waals surface area contributed by atoms with Gasteiger partial charge in [0, 0.05) is 24.8 Å². The summed E-state index contributed by atoms with van der Waals surface area (Å²) in [5.74, 6) is -2.32. The summed E-state index contributed by atoms with van der Waals surface area (Å²) in [5, 5.41) is 9.55. The highest BCUT2D eigenvalue weighted by Crippen LogP contribution is 2.44. The number of nitrogens with two attached hydrogens (primary N) is 1. The molecule has 0 unspecified atom stereocenters. The summed E-state index contributed by atoms with van der Waals surface area (Å²) in [5.41, 5.74) is 9.64. The molecule has 150 valence electrons. The van der Waals surface area contributed by atoms with E-state index >= 15 is 0 Å². The van der Waals surface area contributed by atoms with Crippen LogP contribution in [-0.2, 0) is 14.3 Å². The number of carboxylic acids is 1. The second-order valence-electron chi connectivity index (χ2n) is 7.50. The molecule has 1 heterocycles. The zero-order chi connectivity index (χ0) is 20.5. The van der Waals surface area contributed by atoms with E-state index in [0.717, 1.165) is 22.3 Å². The van der Waals surface area contributed by atoms with E-state index in [4.69, 9.17) is 10.5 Å². The highest BCUT2D eigenvalue weighted by atomic mass is 16.6. The number of hydrogen-bond acceptors (Lipinski definition) is 4. The maximum Gasteiger partial charge on any atom is 0.410 e. The van der Waals surface area contributed by atoms with Gasteiger partial charge in [0.2, 0.25) is 5.91 Å². The fraction of sp³-hybridized carbons (Fsp3) is 0.318. The van der Waals surface area contributed by atoms with Crippen LogP contribution in [0.1, 0.15) is 29.9 Å². The third-order valence-corrected chi connectivity index (χ3v) is 5.81. The molecule has 2 aromatic rings. The summed E-state index contributed by atoms with van der Waals surface area (Å²) in [6.07, 6.45) is -0.333. The van der Waals surface area contributed by atoms with Gasteiger partial charge in [-0.3, -0.25) is 9.69 Å². The van der Waals surface area contributed by atoms with Gasteiger partial charge in [-0.25, -0.2) is 9.59 Å². The van der Waals surface area contributed by atoms with Crippen LogP contribution in [0.5, 0.6) is 0 Å². The molecule has 3 N–H and O–H groups in total. The number of fused-ring (bicyclic) bond motifs is 3. The number of likely N-dealkylation sites (tertiary alicyclic amines) is 1. The van der Waals surface area contributed by atoms with Gasteiger partial charge in [-0.1, -0.05) is 48.5 Å². The number of ether oxygens (including phenoxy) is 1. The van der Waals surface area contributed by atoms with Gasteiger partial charge >= 0.3 is 12.1 Å². The molecule has 0 aromatic heterocycles. The quantitative estimate of drug-likeness (QED) is 0.810. The van der Waals surface area contributed by atoms with E-state index < -0.39 is 29.9 Å². The number of nitrogens with zero attached hydrogens (tertiary/aromatic N) is 1. The number of aliphatic carboxylic acids is 1. The van der Waals surface area contributed by atoms with Gasteiger partial charge in [-0.2, -0.15) is 0 Å². The van der Waals surface area contributed by atoms with Gasteiger partial charge in [0.05, 0.1) is 0 Å². The van der Waals surface area contributed by atoms with E-state index in [0.29, 0.717) is 6.42 Å². The van der Waals surface area contributed by atoms with Crippen LogP contribution in [0.3, 0.4) is 0 Å². The lowest BCUT2D eigenvalue weighted by Crippen LogP contribution is -2.44. The van der Waals surface area contributed by atoms with Gasteiger partial charge in [0.25, 0.3) is 0 Å². The molecule has 0 spiro atoms. The standard InChI is InChI=1S/C22H22N2O5/c23-19(25)11-13-9-10-24(20(13)21(26)27)22(28)29-12-18-16-7-3-1-5-14(16)15-6-2-4-8-17(15)18/h1-8,13,18,20H,9-12H2,(H2,23,25)(H,26,27)/t13-,20-/m0/s1. The fourth-order valence-electron chi connectivity index (χ4n) is 4.55. The van der Waals surface area contributed by atoms with Crippen molar-refractivity contribution in [1.82, 2.24) is 4.90 Å². The Bertz CT molecular complexity index is 928. The van der Waals surface area contributed by atoms with Crippen molar-refractivity contribution in [3.63, 3.8) is 0 Å². The van der Waals surface area contributed by atoms with Gasteiger partial charge < -0.3 is 15.6 Å². The van der Waals surface area contributed by atoms with E-state index in [9.17, 15) is 19.5 Å². The van der Waals surface area contributed by atoms with E-state index in [-0.39, 0.29) is 25.5 Å². The number of carboxylic acid groups (broad SMARTS) is 1. The molecular weight excluding hydrogens is 372 g/mol. The Labute approximate surface area is 168 Å². The average molecular weight is 394 g/mol. The molecule has 0 bridgehead atoms. The Morgan fingerprint density at radius 2 is 1.62 bits per heavy atom. The Kier molecular flexibility index (Phi) is 4.96. The summed E-state index contributed by atoms with van der Waals surface area (Å²) in [7, 11) is 0. The lowest BCUT2D eigenvalue weighted by atomic mass is 9.96. The Morgan fingerprint density at radius 1 is 1.03 bits per heavy atom. The molecule has 1 fully saturated rings. The van der Waals surface area contributed by atoms with Gasteiger partial charge in [0.1, 0.15) is 12.6 Å². The Morgan fingerprint density at radius 3 is 2.17 bits per heavy atom. The van der Waals surface area contributed by atoms with Crippen molar-refractivity contribution in [1.29, 1.82) is 0 Å². The van der Waals surface area contributed by atoms with Crippen molar-refractivity contribution >= 4 is 18.0 Å². The largest absolute Gasteiger partial charge is 0.480 e. The van der Waals surface area contributed by atoms with Crippen molar-refractivity contribution in [2.75, 3.05) is 13.2 Å². The molecule has 7 heteroatoms. The minimum Gasteiger partial charge on any atom is -0.480 e. The zero-order valence-electron chi connectivity index (χ0n) is 15.8. The van der Waals surface area contributed by atoms with E-state index in [1.165, 1.54) is 4.90 Å². The number of hydrogen-bond donors (Lipinski definition) is 2. The van der Waals surface area contributed by atoms with Crippen LogP contribution in [0.25, 0.3) is 11.1 Å². The topological polar surface area (TPSA) is 110 Å². The molecule has 2 amide bonds. The third-order valence-electron chi connectivity index (χ3n) is 5.81. The van der Waals surface area contributed by atoms with Crippen LogP contribution in [0, 0.1) is 5.92 Å². The van der Waals surface area contributed by atoms with Crippen LogP contribution >= 0.6 is 0 Å². The SMILES string of the molecule is NC(=O)C[C@@H]1CCN(C(=O)OCC2c3ccccc3-c3ccccc32)[C@@H]1C(=O)O. The number of carbonyl (C=O) groups is 3. The van der Waals surface area contributed by atoms with Gasteiger partial charge in [-0.05, 0) is 28.7 Å². The van der Waals surface area contributed by atoms with Crippen LogP contribution in [0.2, 0.25) is 0 Å². The number of carbonyl (C=O) groups excluding carboxylic acids is 2. The van der Waals surface area contributed by atoms with Crippen LogP contribution in [0.15, 0.2) is 48.5 Å². The second-order valence-corrected chi connectivity index (χ2v) is 7.50. The number of primary amides is 1. The van der Waals surface area contributed by atoms with Crippen molar-refractivity contribution in [3.05, 3.63) is 59.7 Å². The smallest absolute Gasteiger partial charge is 0.410 e. The predicted octanol–water partition coefficient (Wildman–Crippen LogP) is 2.59. The van der Waals surface area contributed by atoms with E-state index in [1.54, 1.807) is 0 Å². The van der Waals surface area contributed by atoms with E-state index in [1.807, 2.05) is 48.5 Å². The highest BCUT2D eigenvalue weighted by Gasteiger charge is 2.43. The van der Waals surface area contributed by atoms with Gasteiger partial charge in [-0.15, -0.1) is 0 Å². The Hall–Kier alpha value is -3.35. The maximum atomic E-state index is 12.7. The molecule has 2 atom stereocenters. The van der Waals surface area contributed by atoms with Crippen molar-refractivity contribution in [2.45, 2.75) is 24.8 Å². The maximum absolute atomic E-state index is 12.7. The first kappa shape index (κ1) is 19.0. The lowest BCUT2D eigenvalue weighted by Gasteiger charge is -2.24. The van der Waals surface area contributed by atoms with Crippen LogP contribution < -0.4 is 5.73 Å². The summed E-state index contributed by atoms with van der Waals surface area (Å²) in [6.45, 7) is 0.349. The van der Waals surface area contributed by atoms with E-state index in [2.05, 4.69) is 0 Å². The summed E-state index contributed by atoms with van der Waals surface area (Å²) in [6, 6.07) is 14.9. The number of amides is 2.